The normalized spacial score (nSPS) is 17.4. The highest BCUT2D eigenvalue weighted by atomic mass is 35.5. The summed E-state index contributed by atoms with van der Waals surface area (Å²) in [7, 11) is 0. The molecule has 7 heteroatoms. The predicted molar refractivity (Wildman–Crippen MR) is 127 cm³/mol. The van der Waals surface area contributed by atoms with Crippen molar-refractivity contribution in [3.05, 3.63) is 94.3 Å². The largest absolute Gasteiger partial charge is 0.507 e. The van der Waals surface area contributed by atoms with E-state index in [2.05, 4.69) is 4.98 Å². The van der Waals surface area contributed by atoms with Crippen molar-refractivity contribution in [1.82, 2.24) is 4.98 Å². The first kappa shape index (κ1) is 22.6. The molecule has 1 N–H and O–H groups in total. The van der Waals surface area contributed by atoms with Crippen LogP contribution in [0.25, 0.3) is 5.76 Å². The lowest BCUT2D eigenvalue weighted by atomic mass is 9.95. The molecule has 1 fully saturated rings. The summed E-state index contributed by atoms with van der Waals surface area (Å²) in [5.74, 6) is -1.38. The topological polar surface area (TPSA) is 79.7 Å². The molecule has 0 aliphatic carbocycles. The Bertz CT molecular complexity index is 1220. The zero-order valence-corrected chi connectivity index (χ0v) is 19.0. The van der Waals surface area contributed by atoms with Crippen molar-refractivity contribution in [3.63, 3.8) is 0 Å². The number of benzene rings is 2. The van der Waals surface area contributed by atoms with E-state index in [-0.39, 0.29) is 11.3 Å². The van der Waals surface area contributed by atoms with E-state index in [1.807, 2.05) is 38.1 Å². The molecule has 6 nitrogen and oxygen atoms in total. The van der Waals surface area contributed by atoms with Gasteiger partial charge in [-0.3, -0.25) is 19.5 Å². The molecule has 1 amide bonds. The van der Waals surface area contributed by atoms with E-state index in [1.165, 1.54) is 4.90 Å². The fourth-order valence-corrected chi connectivity index (χ4v) is 4.10. The first-order chi connectivity index (χ1) is 16.0. The highest BCUT2D eigenvalue weighted by Gasteiger charge is 2.47. The van der Waals surface area contributed by atoms with Crippen molar-refractivity contribution in [2.45, 2.75) is 26.3 Å². The number of ketones is 1. The fraction of sp³-hybridized carbons (Fsp3) is 0.192. The molecular weight excluding hydrogens is 440 g/mol. The van der Waals surface area contributed by atoms with Crippen LogP contribution >= 0.6 is 11.6 Å². The maximum atomic E-state index is 13.2. The van der Waals surface area contributed by atoms with Crippen LogP contribution in [0.2, 0.25) is 5.02 Å². The Morgan fingerprint density at radius 3 is 2.39 bits per heavy atom. The van der Waals surface area contributed by atoms with Crippen LogP contribution in [0.3, 0.4) is 0 Å². The zero-order valence-electron chi connectivity index (χ0n) is 18.3. The molecule has 1 aliphatic rings. The van der Waals surface area contributed by atoms with Gasteiger partial charge in [0, 0.05) is 23.6 Å². The van der Waals surface area contributed by atoms with Crippen molar-refractivity contribution >= 4 is 34.7 Å². The minimum Gasteiger partial charge on any atom is -0.507 e. The summed E-state index contributed by atoms with van der Waals surface area (Å²) >= 11 is 6.18. The zero-order chi connectivity index (χ0) is 23.5. The number of rotatable bonds is 6. The maximum Gasteiger partial charge on any atom is 0.300 e. The number of aryl methyl sites for hydroxylation is 1. The molecule has 0 spiro atoms. The van der Waals surface area contributed by atoms with Crippen LogP contribution in [-0.2, 0) is 16.0 Å². The average Bonchev–Trinajstić information content (AvgIpc) is 3.11. The number of pyridine rings is 1. The Balaban J connectivity index is 1.90. The van der Waals surface area contributed by atoms with Gasteiger partial charge in [-0.2, -0.15) is 0 Å². The molecule has 1 aromatic heterocycles. The maximum absolute atomic E-state index is 13.2. The molecule has 0 radical (unpaired) electrons. The fourth-order valence-electron chi connectivity index (χ4n) is 3.92. The van der Waals surface area contributed by atoms with Gasteiger partial charge in [0.25, 0.3) is 11.7 Å². The van der Waals surface area contributed by atoms with Gasteiger partial charge < -0.3 is 9.84 Å². The van der Waals surface area contributed by atoms with Crippen LogP contribution in [0.15, 0.2) is 72.6 Å². The average molecular weight is 463 g/mol. The number of aliphatic hydroxyl groups excluding tert-OH is 1. The highest BCUT2D eigenvalue weighted by Crippen LogP contribution is 2.42. The monoisotopic (exact) mass is 462 g/mol. The SMILES string of the molecule is CCOc1cc(/C(O)=C2/C(=O)C(=O)N(c3ccc(CC)cc3)C2c2ccncc2)ccc1Cl. The number of anilines is 1. The Labute approximate surface area is 197 Å². The molecule has 0 saturated carbocycles. The van der Waals surface area contributed by atoms with Gasteiger partial charge in [0.1, 0.15) is 11.5 Å². The molecule has 168 valence electrons. The number of amides is 1. The molecule has 1 saturated heterocycles. The smallest absolute Gasteiger partial charge is 0.300 e. The third kappa shape index (κ3) is 4.22. The molecule has 1 atom stereocenters. The highest BCUT2D eigenvalue weighted by molar-refractivity contribution is 6.51. The summed E-state index contributed by atoms with van der Waals surface area (Å²) in [5, 5.41) is 11.6. The minimum absolute atomic E-state index is 0.00413. The van der Waals surface area contributed by atoms with Crippen molar-refractivity contribution in [2.75, 3.05) is 11.5 Å². The van der Waals surface area contributed by atoms with Gasteiger partial charge in [-0.25, -0.2) is 0 Å². The summed E-state index contributed by atoms with van der Waals surface area (Å²) in [6.07, 6.45) is 4.03. The molecule has 33 heavy (non-hydrogen) atoms. The lowest BCUT2D eigenvalue weighted by Crippen LogP contribution is -2.29. The van der Waals surface area contributed by atoms with Crippen molar-refractivity contribution in [2.24, 2.45) is 0 Å². The van der Waals surface area contributed by atoms with Crippen LogP contribution in [0.1, 0.15) is 36.6 Å². The van der Waals surface area contributed by atoms with Crippen LogP contribution in [0.4, 0.5) is 5.69 Å². The molecular formula is C26H23ClN2O4. The van der Waals surface area contributed by atoms with Crippen molar-refractivity contribution in [1.29, 1.82) is 0 Å². The van der Waals surface area contributed by atoms with Crippen LogP contribution in [-0.4, -0.2) is 28.4 Å². The number of nitrogens with zero attached hydrogens (tertiary/aromatic N) is 2. The number of carbonyl (C=O) groups is 2. The lowest BCUT2D eigenvalue weighted by molar-refractivity contribution is -0.132. The van der Waals surface area contributed by atoms with E-state index in [4.69, 9.17) is 16.3 Å². The Morgan fingerprint density at radius 2 is 1.76 bits per heavy atom. The van der Waals surface area contributed by atoms with Gasteiger partial charge in [0.2, 0.25) is 0 Å². The molecule has 0 bridgehead atoms. The van der Waals surface area contributed by atoms with Gasteiger partial charge in [-0.1, -0.05) is 30.7 Å². The van der Waals surface area contributed by atoms with Crippen molar-refractivity contribution < 1.29 is 19.4 Å². The second kappa shape index (κ2) is 9.46. The molecule has 1 unspecified atom stereocenters. The standard InChI is InChI=1S/C26H23ClN2O4/c1-3-16-5-8-19(9-6-16)29-23(17-11-13-28-14-12-17)22(25(31)26(29)32)24(30)18-7-10-20(27)21(15-18)33-4-2/h5-15,23,30H,3-4H2,1-2H3/b24-22-. The van der Waals surface area contributed by atoms with Gasteiger partial charge in [0.05, 0.1) is 23.2 Å². The Kier molecular flexibility index (Phi) is 6.47. The number of halogens is 1. The van der Waals surface area contributed by atoms with Crippen LogP contribution in [0, 0.1) is 0 Å². The number of hydrogen-bond acceptors (Lipinski definition) is 5. The number of hydrogen-bond donors (Lipinski definition) is 1. The lowest BCUT2D eigenvalue weighted by Gasteiger charge is -2.25. The summed E-state index contributed by atoms with van der Waals surface area (Å²) in [6.45, 7) is 4.25. The Hall–Kier alpha value is -3.64. The second-order valence-corrected chi connectivity index (χ2v) is 7.96. The Morgan fingerprint density at radius 1 is 1.06 bits per heavy atom. The number of aliphatic hydroxyl groups is 1. The molecule has 1 aliphatic heterocycles. The van der Waals surface area contributed by atoms with E-state index in [0.717, 1.165) is 12.0 Å². The van der Waals surface area contributed by atoms with E-state index in [9.17, 15) is 14.7 Å². The van der Waals surface area contributed by atoms with Gasteiger partial charge in [-0.05, 0) is 66.9 Å². The van der Waals surface area contributed by atoms with Crippen molar-refractivity contribution in [3.8, 4) is 5.75 Å². The summed E-state index contributed by atoms with van der Waals surface area (Å²) in [4.78, 5) is 31.9. The first-order valence-corrected chi connectivity index (χ1v) is 11.1. The first-order valence-electron chi connectivity index (χ1n) is 10.7. The minimum atomic E-state index is -0.813. The molecule has 3 aromatic rings. The second-order valence-electron chi connectivity index (χ2n) is 7.55. The van der Waals surface area contributed by atoms with E-state index in [1.54, 1.807) is 42.7 Å². The van der Waals surface area contributed by atoms with E-state index < -0.39 is 17.7 Å². The summed E-state index contributed by atoms with van der Waals surface area (Å²) < 4.78 is 5.53. The molecule has 4 rings (SSSR count). The molecule has 2 aromatic carbocycles. The third-order valence-electron chi connectivity index (χ3n) is 5.59. The van der Waals surface area contributed by atoms with Gasteiger partial charge >= 0.3 is 0 Å². The van der Waals surface area contributed by atoms with E-state index in [0.29, 0.717) is 34.2 Å². The molecule has 2 heterocycles. The predicted octanol–water partition coefficient (Wildman–Crippen LogP) is 5.32. The van der Waals surface area contributed by atoms with E-state index >= 15 is 0 Å². The van der Waals surface area contributed by atoms with Crippen LogP contribution in [0.5, 0.6) is 5.75 Å². The van der Waals surface area contributed by atoms with Crippen LogP contribution < -0.4 is 9.64 Å². The van der Waals surface area contributed by atoms with Gasteiger partial charge in [-0.15, -0.1) is 0 Å². The number of Topliss-reactive ketones (excluding diaryl/α,β-unsaturated/α-hetero) is 1. The third-order valence-corrected chi connectivity index (χ3v) is 5.91. The number of carbonyl (C=O) groups excluding carboxylic acids is 2. The summed E-state index contributed by atoms with van der Waals surface area (Å²) in [5.41, 5.74) is 2.67. The van der Waals surface area contributed by atoms with Gasteiger partial charge in [0.15, 0.2) is 0 Å². The number of aromatic nitrogens is 1. The quantitative estimate of drug-likeness (QED) is 0.304. The summed E-state index contributed by atoms with van der Waals surface area (Å²) in [6, 6.07) is 14.9. The number of ether oxygens (including phenoxy) is 1.